The first-order valence-corrected chi connectivity index (χ1v) is 9.53. The zero-order chi connectivity index (χ0) is 16.7. The minimum absolute atomic E-state index is 0.0105. The molecule has 2 rings (SSSR count). The van der Waals surface area contributed by atoms with Gasteiger partial charge in [0.05, 0.1) is 10.7 Å². The summed E-state index contributed by atoms with van der Waals surface area (Å²) in [7, 11) is 1.48. The number of nitrogens with zero attached hydrogens (tertiary/aromatic N) is 2. The largest absolute Gasteiger partial charge is 0.305 e. The molecule has 10 heteroatoms. The summed E-state index contributed by atoms with van der Waals surface area (Å²) in [6.45, 7) is 1.78. The van der Waals surface area contributed by atoms with Crippen LogP contribution in [-0.2, 0) is 13.8 Å². The summed E-state index contributed by atoms with van der Waals surface area (Å²) in [5.41, 5.74) is 0.624. The molecule has 0 radical (unpaired) electrons. The highest BCUT2D eigenvalue weighted by atomic mass is 79.9. The molecule has 1 atom stereocenters. The number of carbonyl (C=O) groups excluding carboxylic acids is 1. The molecule has 1 amide bonds. The van der Waals surface area contributed by atoms with E-state index in [4.69, 9.17) is 10.7 Å². The van der Waals surface area contributed by atoms with Crippen LogP contribution in [0.15, 0.2) is 16.6 Å². The van der Waals surface area contributed by atoms with E-state index in [0.717, 1.165) is 0 Å². The highest BCUT2D eigenvalue weighted by Gasteiger charge is 2.37. The lowest BCUT2D eigenvalue weighted by molar-refractivity contribution is -0.384. The van der Waals surface area contributed by atoms with E-state index in [1.807, 2.05) is 0 Å². The van der Waals surface area contributed by atoms with E-state index in [1.54, 1.807) is 13.0 Å². The summed E-state index contributed by atoms with van der Waals surface area (Å²) < 4.78 is 22.7. The molecule has 0 saturated carbocycles. The predicted octanol–water partition coefficient (Wildman–Crippen LogP) is 2.59. The summed E-state index contributed by atoms with van der Waals surface area (Å²) in [4.78, 5) is 24.0. The maximum atomic E-state index is 12.1. The second-order valence-corrected chi connectivity index (χ2v) is 8.83. The number of hydrogen-bond acceptors (Lipinski definition) is 5. The number of benzene rings is 1. The molecular formula is C12H12BrClN2O5S. The van der Waals surface area contributed by atoms with Crippen LogP contribution in [0.25, 0.3) is 0 Å². The minimum atomic E-state index is -3.73. The molecule has 1 unspecified atom stereocenters. The van der Waals surface area contributed by atoms with Crippen molar-refractivity contribution in [3.05, 3.63) is 32.3 Å². The molecule has 1 heterocycles. The molecule has 120 valence electrons. The summed E-state index contributed by atoms with van der Waals surface area (Å²) in [6.07, 6.45) is -0.0105. The van der Waals surface area contributed by atoms with Crippen molar-refractivity contribution in [2.45, 2.75) is 13.3 Å². The number of halogens is 2. The van der Waals surface area contributed by atoms with Crippen LogP contribution in [0.1, 0.15) is 12.0 Å². The Morgan fingerprint density at radius 1 is 1.50 bits per heavy atom. The number of rotatable bonds is 4. The normalized spacial score (nSPS) is 18.8. The standard InChI is InChI=1S/C12H12BrClN2O5S/c1-7-2-9(13)12(10(3-7)16(18)19)15-5-8(4-11(15)17)6-22(14,20)21/h2-3,8H,4-6H2,1H3. The van der Waals surface area contributed by atoms with Crippen molar-refractivity contribution in [1.82, 2.24) is 0 Å². The summed E-state index contributed by atoms with van der Waals surface area (Å²) >= 11 is 3.24. The fraction of sp³-hybridized carbons (Fsp3) is 0.417. The second-order valence-electron chi connectivity index (χ2n) is 5.15. The van der Waals surface area contributed by atoms with Gasteiger partial charge in [-0.2, -0.15) is 0 Å². The molecule has 1 aromatic carbocycles. The van der Waals surface area contributed by atoms with Crippen LogP contribution < -0.4 is 4.90 Å². The number of nitro groups is 1. The van der Waals surface area contributed by atoms with E-state index in [9.17, 15) is 23.3 Å². The number of amides is 1. The number of carbonyl (C=O) groups is 1. The maximum Gasteiger partial charge on any atom is 0.294 e. The third kappa shape index (κ3) is 3.76. The molecule has 22 heavy (non-hydrogen) atoms. The van der Waals surface area contributed by atoms with E-state index in [1.165, 1.54) is 11.0 Å². The Hall–Kier alpha value is -1.19. The van der Waals surface area contributed by atoms with Crippen molar-refractivity contribution in [2.75, 3.05) is 17.2 Å². The third-order valence-electron chi connectivity index (χ3n) is 3.29. The zero-order valence-electron chi connectivity index (χ0n) is 11.5. The Morgan fingerprint density at radius 2 is 2.14 bits per heavy atom. The summed E-state index contributed by atoms with van der Waals surface area (Å²) in [5.74, 6) is -1.19. The highest BCUT2D eigenvalue weighted by Crippen LogP contribution is 2.40. The number of hydrogen-bond donors (Lipinski definition) is 0. The lowest BCUT2D eigenvalue weighted by Crippen LogP contribution is -2.26. The fourth-order valence-corrected chi connectivity index (χ4v) is 4.61. The Labute approximate surface area is 139 Å². The third-order valence-corrected chi connectivity index (χ3v) is 5.15. The van der Waals surface area contributed by atoms with Gasteiger partial charge in [0, 0.05) is 40.1 Å². The lowest BCUT2D eigenvalue weighted by atomic mass is 10.1. The average molecular weight is 412 g/mol. The van der Waals surface area contributed by atoms with Gasteiger partial charge in [0.1, 0.15) is 5.69 Å². The quantitative estimate of drug-likeness (QED) is 0.431. The van der Waals surface area contributed by atoms with E-state index in [0.29, 0.717) is 10.0 Å². The molecule has 1 aliphatic heterocycles. The average Bonchev–Trinajstić information content (AvgIpc) is 2.66. The summed E-state index contributed by atoms with van der Waals surface area (Å²) in [5, 5.41) is 11.2. The van der Waals surface area contributed by atoms with E-state index < -0.39 is 19.9 Å². The van der Waals surface area contributed by atoms with Gasteiger partial charge in [0.15, 0.2) is 0 Å². The summed E-state index contributed by atoms with van der Waals surface area (Å²) in [6, 6.07) is 3.04. The molecule has 1 saturated heterocycles. The van der Waals surface area contributed by atoms with Crippen molar-refractivity contribution in [2.24, 2.45) is 5.92 Å². The molecule has 7 nitrogen and oxygen atoms in total. The molecule has 0 N–H and O–H groups in total. The van der Waals surface area contributed by atoms with Gasteiger partial charge in [-0.1, -0.05) is 0 Å². The molecule has 1 aliphatic rings. The Kier molecular flexibility index (Phi) is 4.78. The number of aryl methyl sites for hydroxylation is 1. The van der Waals surface area contributed by atoms with Crippen molar-refractivity contribution in [3.8, 4) is 0 Å². The van der Waals surface area contributed by atoms with Gasteiger partial charge < -0.3 is 4.90 Å². The molecule has 0 spiro atoms. The van der Waals surface area contributed by atoms with Crippen LogP contribution >= 0.6 is 26.6 Å². The molecule has 1 aromatic rings. The van der Waals surface area contributed by atoms with Gasteiger partial charge in [-0.25, -0.2) is 8.42 Å². The monoisotopic (exact) mass is 410 g/mol. The molecule has 0 bridgehead atoms. The van der Waals surface area contributed by atoms with E-state index in [2.05, 4.69) is 15.9 Å². The van der Waals surface area contributed by atoms with Crippen molar-refractivity contribution in [3.63, 3.8) is 0 Å². The first kappa shape index (κ1) is 17.2. The molecule has 0 aliphatic carbocycles. The van der Waals surface area contributed by atoms with Crippen LogP contribution in [0.2, 0.25) is 0 Å². The lowest BCUT2D eigenvalue weighted by Gasteiger charge is -2.18. The number of anilines is 1. The van der Waals surface area contributed by atoms with Gasteiger partial charge >= 0.3 is 0 Å². The van der Waals surface area contributed by atoms with Gasteiger partial charge in [-0.15, -0.1) is 0 Å². The van der Waals surface area contributed by atoms with Crippen LogP contribution in [0.4, 0.5) is 11.4 Å². The molecule has 1 fully saturated rings. The minimum Gasteiger partial charge on any atom is -0.305 e. The van der Waals surface area contributed by atoms with E-state index >= 15 is 0 Å². The Bertz CT molecular complexity index is 752. The van der Waals surface area contributed by atoms with Crippen LogP contribution in [-0.4, -0.2) is 31.5 Å². The zero-order valence-corrected chi connectivity index (χ0v) is 14.6. The first-order chi connectivity index (χ1) is 10.1. The fourth-order valence-electron chi connectivity index (χ4n) is 2.51. The maximum absolute atomic E-state index is 12.1. The van der Waals surface area contributed by atoms with Crippen molar-refractivity contribution >= 4 is 52.9 Å². The van der Waals surface area contributed by atoms with Crippen molar-refractivity contribution in [1.29, 1.82) is 0 Å². The van der Waals surface area contributed by atoms with Crippen LogP contribution in [0.5, 0.6) is 0 Å². The SMILES string of the molecule is Cc1cc(Br)c(N2CC(CS(=O)(=O)Cl)CC2=O)c([N+](=O)[O-])c1. The van der Waals surface area contributed by atoms with Crippen LogP contribution in [0, 0.1) is 23.0 Å². The topological polar surface area (TPSA) is 97.6 Å². The second kappa shape index (κ2) is 6.13. The van der Waals surface area contributed by atoms with Crippen LogP contribution in [0.3, 0.4) is 0 Å². The molecular weight excluding hydrogens is 400 g/mol. The Balaban J connectivity index is 2.40. The van der Waals surface area contributed by atoms with Crippen molar-refractivity contribution < 1.29 is 18.1 Å². The predicted molar refractivity (Wildman–Crippen MR) is 85.6 cm³/mol. The van der Waals surface area contributed by atoms with E-state index in [-0.39, 0.29) is 36.0 Å². The van der Waals surface area contributed by atoms with Gasteiger partial charge in [0.2, 0.25) is 15.0 Å². The first-order valence-electron chi connectivity index (χ1n) is 6.25. The number of nitro benzene ring substituents is 1. The van der Waals surface area contributed by atoms with Gasteiger partial charge in [0.25, 0.3) is 5.69 Å². The van der Waals surface area contributed by atoms with Gasteiger partial charge in [-0.3, -0.25) is 14.9 Å². The van der Waals surface area contributed by atoms with Gasteiger partial charge in [-0.05, 0) is 34.5 Å². The Morgan fingerprint density at radius 3 is 2.68 bits per heavy atom. The highest BCUT2D eigenvalue weighted by molar-refractivity contribution is 9.10. The smallest absolute Gasteiger partial charge is 0.294 e. The molecule has 0 aromatic heterocycles.